The highest BCUT2D eigenvalue weighted by Crippen LogP contribution is 2.30. The molecule has 17 heavy (non-hydrogen) atoms. The minimum atomic E-state index is -2.19. The van der Waals surface area contributed by atoms with Crippen molar-refractivity contribution in [3.63, 3.8) is 0 Å². The molecule has 0 aliphatic rings. The fourth-order valence-corrected chi connectivity index (χ4v) is 1.47. The van der Waals surface area contributed by atoms with Crippen LogP contribution < -0.4 is 0 Å². The van der Waals surface area contributed by atoms with Crippen LogP contribution in [0.4, 0.5) is 26.3 Å². The standard InChI is InChI=1S/C11H3F6/c1-3-2-4-5(8(14)6(3)12)9(15)11(17)10(16)7(4)13/h1H3. The molecular weight excluding hydrogens is 246 g/mol. The van der Waals surface area contributed by atoms with Gasteiger partial charge in [-0.2, -0.15) is 0 Å². The molecule has 0 aliphatic heterocycles. The number of benzene rings is 2. The van der Waals surface area contributed by atoms with Gasteiger partial charge in [0.15, 0.2) is 34.9 Å². The van der Waals surface area contributed by atoms with Crippen molar-refractivity contribution in [2.45, 2.75) is 6.92 Å². The van der Waals surface area contributed by atoms with Gasteiger partial charge >= 0.3 is 0 Å². The summed E-state index contributed by atoms with van der Waals surface area (Å²) < 4.78 is 78.5. The zero-order valence-electron chi connectivity index (χ0n) is 8.27. The lowest BCUT2D eigenvalue weighted by Gasteiger charge is -2.07. The Balaban J connectivity index is 3.12. The molecule has 89 valence electrons. The van der Waals surface area contributed by atoms with Crippen molar-refractivity contribution in [1.82, 2.24) is 0 Å². The summed E-state index contributed by atoms with van der Waals surface area (Å²) in [5.74, 6) is -11.3. The Labute approximate surface area is 91.5 Å². The molecule has 1 radical (unpaired) electrons. The normalized spacial score (nSPS) is 11.2. The number of hydrogen-bond donors (Lipinski definition) is 0. The molecule has 0 saturated carbocycles. The molecule has 6 heteroatoms. The van der Waals surface area contributed by atoms with Crippen LogP contribution in [0.2, 0.25) is 0 Å². The summed E-state index contributed by atoms with van der Waals surface area (Å²) in [6, 6.07) is 1.94. The van der Waals surface area contributed by atoms with Gasteiger partial charge in [0.2, 0.25) is 0 Å². The maximum Gasteiger partial charge on any atom is 0.198 e. The zero-order valence-corrected chi connectivity index (χ0v) is 8.27. The van der Waals surface area contributed by atoms with Crippen LogP contribution in [0.25, 0.3) is 10.8 Å². The lowest BCUT2D eigenvalue weighted by atomic mass is 10.0. The third-order valence-electron chi connectivity index (χ3n) is 2.32. The van der Waals surface area contributed by atoms with E-state index in [1.807, 2.05) is 6.07 Å². The first-order chi connectivity index (χ1) is 7.86. The van der Waals surface area contributed by atoms with Crippen molar-refractivity contribution in [2.24, 2.45) is 0 Å². The molecule has 2 rings (SSSR count). The van der Waals surface area contributed by atoms with E-state index in [4.69, 9.17) is 0 Å². The third-order valence-corrected chi connectivity index (χ3v) is 2.32. The summed E-state index contributed by atoms with van der Waals surface area (Å²) in [6.45, 7) is 1.04. The molecule has 0 heterocycles. The predicted octanol–water partition coefficient (Wildman–Crippen LogP) is 3.78. The molecule has 0 N–H and O–H groups in total. The SMILES string of the molecule is Cc1[c]c2c(F)c(F)c(F)c(F)c2c(F)c1F. The minimum absolute atomic E-state index is 0.459. The first-order valence-corrected chi connectivity index (χ1v) is 4.38. The highest BCUT2D eigenvalue weighted by molar-refractivity contribution is 5.85. The smallest absolute Gasteiger partial charge is 0.198 e. The Kier molecular flexibility index (Phi) is 2.52. The molecule has 0 bridgehead atoms. The molecule has 0 saturated heterocycles. The molecule has 0 nitrogen and oxygen atoms in total. The summed E-state index contributed by atoms with van der Waals surface area (Å²) >= 11 is 0. The van der Waals surface area contributed by atoms with Gasteiger partial charge in [0.1, 0.15) is 0 Å². The Morgan fingerprint density at radius 3 is 1.71 bits per heavy atom. The molecule has 0 aliphatic carbocycles. The van der Waals surface area contributed by atoms with Crippen molar-refractivity contribution < 1.29 is 26.3 Å². The fourth-order valence-electron chi connectivity index (χ4n) is 1.47. The molecule has 0 aromatic heterocycles. The molecule has 0 unspecified atom stereocenters. The number of aryl methyl sites for hydroxylation is 1. The summed E-state index contributed by atoms with van der Waals surface area (Å²) in [5.41, 5.74) is -0.459. The van der Waals surface area contributed by atoms with Crippen molar-refractivity contribution >= 4 is 10.8 Å². The monoisotopic (exact) mass is 249 g/mol. The second-order valence-electron chi connectivity index (χ2n) is 3.38. The van der Waals surface area contributed by atoms with Crippen LogP contribution in [0.15, 0.2) is 0 Å². The lowest BCUT2D eigenvalue weighted by molar-refractivity contribution is 0.414. The van der Waals surface area contributed by atoms with Crippen LogP contribution in [-0.2, 0) is 0 Å². The van der Waals surface area contributed by atoms with Crippen LogP contribution in [0.5, 0.6) is 0 Å². The van der Waals surface area contributed by atoms with Crippen LogP contribution in [0.1, 0.15) is 5.56 Å². The maximum atomic E-state index is 13.3. The van der Waals surface area contributed by atoms with Crippen molar-refractivity contribution in [3.8, 4) is 0 Å². The van der Waals surface area contributed by atoms with Crippen LogP contribution in [0, 0.1) is 47.9 Å². The lowest BCUT2D eigenvalue weighted by Crippen LogP contribution is -2.02. The highest BCUT2D eigenvalue weighted by Gasteiger charge is 2.25. The zero-order chi connectivity index (χ0) is 12.9. The van der Waals surface area contributed by atoms with E-state index in [2.05, 4.69) is 0 Å². The molecule has 2 aromatic carbocycles. The fraction of sp³-hybridized carbons (Fsp3) is 0.0909. The average Bonchev–Trinajstić information content (AvgIpc) is 2.30. The van der Waals surface area contributed by atoms with E-state index < -0.39 is 51.2 Å². The van der Waals surface area contributed by atoms with Gasteiger partial charge in [0.05, 0.1) is 5.39 Å². The number of fused-ring (bicyclic) bond motifs is 1. The molecule has 2 aromatic rings. The van der Waals surface area contributed by atoms with Gasteiger partial charge in [-0.1, -0.05) is 0 Å². The largest absolute Gasteiger partial charge is 0.203 e. The molecule has 0 amide bonds. The van der Waals surface area contributed by atoms with E-state index >= 15 is 0 Å². The summed E-state index contributed by atoms with van der Waals surface area (Å²) in [6.07, 6.45) is 0. The van der Waals surface area contributed by atoms with Gasteiger partial charge in [-0.15, -0.1) is 0 Å². The van der Waals surface area contributed by atoms with E-state index in [9.17, 15) is 26.3 Å². The maximum absolute atomic E-state index is 13.3. The number of rotatable bonds is 0. The van der Waals surface area contributed by atoms with Crippen molar-refractivity contribution in [2.75, 3.05) is 0 Å². The Morgan fingerprint density at radius 2 is 1.12 bits per heavy atom. The topological polar surface area (TPSA) is 0 Å². The van der Waals surface area contributed by atoms with Crippen LogP contribution in [0.3, 0.4) is 0 Å². The van der Waals surface area contributed by atoms with Gasteiger partial charge in [0, 0.05) is 5.39 Å². The van der Waals surface area contributed by atoms with Crippen LogP contribution >= 0.6 is 0 Å². The highest BCUT2D eigenvalue weighted by atomic mass is 19.2. The summed E-state index contributed by atoms with van der Waals surface area (Å²) in [7, 11) is 0. The second kappa shape index (κ2) is 3.65. The Bertz CT molecular complexity index is 624. The molecule has 0 fully saturated rings. The number of halogens is 6. The number of hydrogen-bond acceptors (Lipinski definition) is 0. The molecule has 0 atom stereocenters. The van der Waals surface area contributed by atoms with E-state index in [-0.39, 0.29) is 0 Å². The predicted molar refractivity (Wildman–Crippen MR) is 47.3 cm³/mol. The van der Waals surface area contributed by atoms with Gasteiger partial charge < -0.3 is 0 Å². The van der Waals surface area contributed by atoms with Gasteiger partial charge in [-0.3, -0.25) is 0 Å². The quantitative estimate of drug-likeness (QED) is 0.378. The van der Waals surface area contributed by atoms with Gasteiger partial charge in [-0.25, -0.2) is 26.3 Å². The van der Waals surface area contributed by atoms with E-state index in [1.54, 1.807) is 0 Å². The molecule has 0 spiro atoms. The van der Waals surface area contributed by atoms with E-state index in [0.717, 1.165) is 6.92 Å². The Morgan fingerprint density at radius 1 is 0.647 bits per heavy atom. The average molecular weight is 249 g/mol. The van der Waals surface area contributed by atoms with E-state index in [0.29, 0.717) is 0 Å². The van der Waals surface area contributed by atoms with Gasteiger partial charge in [0.25, 0.3) is 0 Å². The van der Waals surface area contributed by atoms with E-state index in [1.165, 1.54) is 0 Å². The summed E-state index contributed by atoms with van der Waals surface area (Å²) in [5, 5.41) is -2.25. The van der Waals surface area contributed by atoms with Crippen molar-refractivity contribution in [3.05, 3.63) is 46.5 Å². The van der Waals surface area contributed by atoms with Crippen LogP contribution in [-0.4, -0.2) is 0 Å². The third kappa shape index (κ3) is 1.47. The first kappa shape index (κ1) is 11.8. The van der Waals surface area contributed by atoms with Gasteiger partial charge in [-0.05, 0) is 18.6 Å². The van der Waals surface area contributed by atoms with Crippen molar-refractivity contribution in [1.29, 1.82) is 0 Å². The first-order valence-electron chi connectivity index (χ1n) is 4.38. The minimum Gasteiger partial charge on any atom is -0.203 e. The molecular formula is C11H3F6. The summed E-state index contributed by atoms with van der Waals surface area (Å²) in [4.78, 5) is 0. The Hall–Kier alpha value is -1.72. The second-order valence-corrected chi connectivity index (χ2v) is 3.38.